The Morgan fingerprint density at radius 2 is 2.00 bits per heavy atom. The van der Waals surface area contributed by atoms with Crippen molar-refractivity contribution in [3.05, 3.63) is 50.0 Å². The van der Waals surface area contributed by atoms with Gasteiger partial charge in [0.15, 0.2) is 0 Å². The van der Waals surface area contributed by atoms with E-state index in [9.17, 15) is 14.4 Å². The van der Waals surface area contributed by atoms with Gasteiger partial charge in [-0.15, -0.1) is 6.42 Å². The molecular formula is C11H6N2O4. The fourth-order valence-corrected chi connectivity index (χ4v) is 1.27. The number of carboxylic acid groups (broad SMARTS) is 1. The Labute approximate surface area is 94.8 Å². The van der Waals surface area contributed by atoms with Crippen molar-refractivity contribution >= 4 is 11.7 Å². The highest BCUT2D eigenvalue weighted by Gasteiger charge is 2.19. The van der Waals surface area contributed by atoms with Crippen LogP contribution in [0.15, 0.2) is 27.8 Å². The Morgan fingerprint density at radius 1 is 1.35 bits per heavy atom. The Kier molecular flexibility index (Phi) is 2.29. The molecule has 0 aliphatic carbocycles. The van der Waals surface area contributed by atoms with Crippen molar-refractivity contribution in [2.45, 2.75) is 0 Å². The molecule has 0 spiro atoms. The van der Waals surface area contributed by atoms with Crippen molar-refractivity contribution in [2.75, 3.05) is 5.43 Å². The summed E-state index contributed by atoms with van der Waals surface area (Å²) in [5.41, 5.74) is 1.42. The average molecular weight is 230 g/mol. The maximum atomic E-state index is 11.0. The second kappa shape index (κ2) is 3.64. The summed E-state index contributed by atoms with van der Waals surface area (Å²) in [6.07, 6.45) is 5.14. The summed E-state index contributed by atoms with van der Waals surface area (Å²) >= 11 is 0. The lowest BCUT2D eigenvalue weighted by molar-refractivity contribution is 0.0698. The van der Waals surface area contributed by atoms with Gasteiger partial charge in [-0.2, -0.15) is 4.68 Å². The monoisotopic (exact) mass is 230 g/mol. The summed E-state index contributed by atoms with van der Waals surface area (Å²) < 4.78 is 0.720. The first-order valence-electron chi connectivity index (χ1n) is 4.53. The third-order valence-electron chi connectivity index (χ3n) is 2.19. The zero-order valence-corrected chi connectivity index (χ0v) is 8.43. The molecule has 1 heterocycles. The zero-order valence-electron chi connectivity index (χ0n) is 8.43. The van der Waals surface area contributed by atoms with Crippen molar-refractivity contribution in [2.24, 2.45) is 0 Å². The molecule has 2 rings (SSSR count). The van der Waals surface area contributed by atoms with E-state index in [0.29, 0.717) is 5.56 Å². The van der Waals surface area contributed by atoms with Crippen molar-refractivity contribution in [3.63, 3.8) is 0 Å². The summed E-state index contributed by atoms with van der Waals surface area (Å²) in [6, 6.07) is 4.19. The van der Waals surface area contributed by atoms with Crippen molar-refractivity contribution < 1.29 is 9.90 Å². The summed E-state index contributed by atoms with van der Waals surface area (Å²) in [7, 11) is 0. The Morgan fingerprint density at radius 3 is 2.47 bits per heavy atom. The molecule has 0 saturated carbocycles. The highest BCUT2D eigenvalue weighted by molar-refractivity contribution is 5.94. The van der Waals surface area contributed by atoms with Gasteiger partial charge in [-0.1, -0.05) is 5.92 Å². The van der Waals surface area contributed by atoms with Gasteiger partial charge in [0.1, 0.15) is 0 Å². The molecule has 1 aromatic carbocycles. The summed E-state index contributed by atoms with van der Waals surface area (Å²) in [5.74, 6) is 1.09. The minimum absolute atomic E-state index is 0.104. The first-order valence-corrected chi connectivity index (χ1v) is 4.53. The molecule has 2 aromatic rings. The van der Waals surface area contributed by atoms with E-state index in [0.717, 1.165) is 4.68 Å². The molecule has 0 atom stereocenters. The van der Waals surface area contributed by atoms with Crippen LogP contribution < -0.4 is 16.5 Å². The number of aromatic nitrogens is 1. The minimum Gasteiger partial charge on any atom is -0.478 e. The number of carboxylic acids is 1. The van der Waals surface area contributed by atoms with Gasteiger partial charge in [-0.05, 0) is 18.2 Å². The van der Waals surface area contributed by atoms with E-state index in [4.69, 9.17) is 11.5 Å². The Balaban J connectivity index is 2.44. The van der Waals surface area contributed by atoms with Crippen LogP contribution in [-0.2, 0) is 0 Å². The number of anilines is 1. The molecule has 1 aromatic heterocycles. The van der Waals surface area contributed by atoms with Crippen LogP contribution in [0.25, 0.3) is 0 Å². The summed E-state index contributed by atoms with van der Waals surface area (Å²) in [6.45, 7) is 0. The first-order chi connectivity index (χ1) is 8.04. The molecule has 2 N–H and O–H groups in total. The summed E-state index contributed by atoms with van der Waals surface area (Å²) in [4.78, 5) is 32.5. The van der Waals surface area contributed by atoms with Crippen molar-refractivity contribution in [1.82, 2.24) is 4.68 Å². The lowest BCUT2D eigenvalue weighted by atomic mass is 10.1. The highest BCUT2D eigenvalue weighted by Crippen LogP contribution is 2.17. The van der Waals surface area contributed by atoms with Crippen LogP contribution >= 0.6 is 0 Å². The molecule has 0 aliphatic heterocycles. The van der Waals surface area contributed by atoms with Gasteiger partial charge in [0.2, 0.25) is 0 Å². The molecule has 0 unspecified atom stereocenters. The van der Waals surface area contributed by atoms with Crippen LogP contribution in [0.5, 0.6) is 0 Å². The molecule has 0 aliphatic rings. The van der Waals surface area contributed by atoms with Gasteiger partial charge in [0, 0.05) is 5.56 Å². The second-order valence-corrected chi connectivity index (χ2v) is 3.27. The number of hydrogen-bond donors (Lipinski definition) is 2. The number of carbonyl (C=O) groups is 1. The fourth-order valence-electron chi connectivity index (χ4n) is 1.27. The van der Waals surface area contributed by atoms with Gasteiger partial charge >= 0.3 is 17.1 Å². The maximum Gasteiger partial charge on any atom is 0.340 e. The third kappa shape index (κ3) is 1.81. The topological polar surface area (TPSA) is 88.4 Å². The normalized spacial score (nSPS) is 10.1. The van der Waals surface area contributed by atoms with Gasteiger partial charge < -0.3 is 5.11 Å². The molecule has 0 fully saturated rings. The van der Waals surface area contributed by atoms with E-state index in [1.807, 2.05) is 0 Å². The lowest BCUT2D eigenvalue weighted by Crippen LogP contribution is -2.12. The Hall–Kier alpha value is -2.81. The molecule has 17 heavy (non-hydrogen) atoms. The van der Waals surface area contributed by atoms with Crippen molar-refractivity contribution in [1.29, 1.82) is 0 Å². The number of hydrogen-bond acceptors (Lipinski definition) is 4. The number of benzene rings is 1. The second-order valence-electron chi connectivity index (χ2n) is 3.27. The highest BCUT2D eigenvalue weighted by atomic mass is 16.4. The van der Waals surface area contributed by atoms with E-state index in [-0.39, 0.29) is 11.3 Å². The lowest BCUT2D eigenvalue weighted by Gasteiger charge is -2.06. The number of nitrogens with one attached hydrogen (secondary N) is 1. The van der Waals surface area contributed by atoms with Gasteiger partial charge in [0.25, 0.3) is 0 Å². The quantitative estimate of drug-likeness (QED) is 0.555. The maximum absolute atomic E-state index is 11.0. The van der Waals surface area contributed by atoms with Crippen LogP contribution in [0.3, 0.4) is 0 Å². The van der Waals surface area contributed by atoms with Gasteiger partial charge in [-0.3, -0.25) is 15.0 Å². The average Bonchev–Trinajstić information content (AvgIpc) is 2.87. The van der Waals surface area contributed by atoms with E-state index in [1.54, 1.807) is 0 Å². The Bertz CT molecular complexity index is 688. The zero-order chi connectivity index (χ0) is 12.6. The first kappa shape index (κ1) is 10.7. The molecule has 0 radical (unpaired) electrons. The van der Waals surface area contributed by atoms with Gasteiger partial charge in [-0.25, -0.2) is 4.79 Å². The fraction of sp³-hybridized carbons (Fsp3) is 0. The summed E-state index contributed by atoms with van der Waals surface area (Å²) in [5, 5.41) is 8.95. The molecule has 0 bridgehead atoms. The van der Waals surface area contributed by atoms with E-state index >= 15 is 0 Å². The van der Waals surface area contributed by atoms with Crippen LogP contribution in [0.1, 0.15) is 15.9 Å². The van der Waals surface area contributed by atoms with Gasteiger partial charge in [0.05, 0.1) is 11.3 Å². The van der Waals surface area contributed by atoms with Crippen LogP contribution in [0, 0.1) is 12.3 Å². The van der Waals surface area contributed by atoms with E-state index < -0.39 is 17.1 Å². The van der Waals surface area contributed by atoms with E-state index in [1.165, 1.54) is 18.2 Å². The number of nitrogens with zero attached hydrogens (tertiary/aromatic N) is 1. The minimum atomic E-state index is -1.20. The molecular weight excluding hydrogens is 224 g/mol. The standard InChI is InChI=1S/C11H6N2O4/c1-2-6-3-4-8(7(5-6)11(16)17)12-13-9(14)10(13)15/h1,3-5,12H,(H,16,17). The van der Waals surface area contributed by atoms with Crippen LogP contribution in [0.2, 0.25) is 0 Å². The predicted molar refractivity (Wildman–Crippen MR) is 59.7 cm³/mol. The molecule has 6 heteroatoms. The number of rotatable bonds is 3. The molecule has 6 nitrogen and oxygen atoms in total. The molecule has 84 valence electrons. The smallest absolute Gasteiger partial charge is 0.340 e. The SMILES string of the molecule is C#Cc1ccc(Nn2c(=O)c2=O)c(C(=O)O)c1. The van der Waals surface area contributed by atoms with Crippen LogP contribution in [-0.4, -0.2) is 15.8 Å². The number of aromatic carboxylic acids is 1. The molecule has 0 saturated heterocycles. The third-order valence-corrected chi connectivity index (χ3v) is 2.19. The van der Waals surface area contributed by atoms with E-state index in [2.05, 4.69) is 11.3 Å². The van der Waals surface area contributed by atoms with Crippen molar-refractivity contribution in [3.8, 4) is 12.3 Å². The van der Waals surface area contributed by atoms with Crippen LogP contribution in [0.4, 0.5) is 5.69 Å². The largest absolute Gasteiger partial charge is 0.478 e. The number of terminal acetylenes is 1. The molecule has 0 amide bonds. The predicted octanol–water partition coefficient (Wildman–Crippen LogP) is -0.361.